The van der Waals surface area contributed by atoms with Gasteiger partial charge in [-0.2, -0.15) is 0 Å². The molecule has 0 aromatic heterocycles. The van der Waals surface area contributed by atoms with E-state index in [-0.39, 0.29) is 19.0 Å². The first-order valence-electron chi connectivity index (χ1n) is 8.85. The lowest BCUT2D eigenvalue weighted by molar-refractivity contribution is -0.145. The van der Waals surface area contributed by atoms with Crippen LogP contribution in [0.2, 0.25) is 0 Å². The van der Waals surface area contributed by atoms with Crippen LogP contribution in [0.5, 0.6) is 0 Å². The number of hydrogen-bond donors (Lipinski definition) is 0. The summed E-state index contributed by atoms with van der Waals surface area (Å²) < 4.78 is 0. The Morgan fingerprint density at radius 3 is 2.15 bits per heavy atom. The van der Waals surface area contributed by atoms with E-state index in [1.807, 2.05) is 6.07 Å². The highest BCUT2D eigenvalue weighted by molar-refractivity contribution is 6.44. The minimum atomic E-state index is -0.933. The Hall–Kier alpha value is -2.70. The fraction of sp³-hybridized carbons (Fsp3) is 0.474. The number of benzene rings is 1. The predicted octanol–water partition coefficient (Wildman–Crippen LogP) is 1.48. The highest BCUT2D eigenvalue weighted by Crippen LogP contribution is 2.22. The fourth-order valence-electron chi connectivity index (χ4n) is 3.70. The van der Waals surface area contributed by atoms with Gasteiger partial charge in [-0.15, -0.1) is 0 Å². The van der Waals surface area contributed by atoms with Crippen molar-refractivity contribution in [1.29, 1.82) is 0 Å². The Bertz CT molecular complexity index is 724. The largest absolute Gasteiger partial charge is 0.341 e. The predicted molar refractivity (Wildman–Crippen MR) is 93.6 cm³/mol. The molecule has 7 heteroatoms. The summed E-state index contributed by atoms with van der Waals surface area (Å²) in [4.78, 5) is 52.8. The Labute approximate surface area is 152 Å². The number of imide groups is 2. The lowest BCUT2D eigenvalue weighted by Gasteiger charge is -2.35. The maximum Gasteiger partial charge on any atom is 0.335 e. The molecule has 2 saturated heterocycles. The van der Waals surface area contributed by atoms with E-state index >= 15 is 0 Å². The molecule has 5 amide bonds. The molecule has 2 aliphatic rings. The van der Waals surface area contributed by atoms with E-state index in [0.29, 0.717) is 24.9 Å². The summed E-state index contributed by atoms with van der Waals surface area (Å²) in [5.41, 5.74) is 0.744. The summed E-state index contributed by atoms with van der Waals surface area (Å²) in [6, 6.07) is 8.23. The molecule has 26 heavy (non-hydrogen) atoms. The first-order chi connectivity index (χ1) is 12.4. The normalized spacial score (nSPS) is 23.8. The third kappa shape index (κ3) is 3.61. The van der Waals surface area contributed by atoms with Crippen LogP contribution in [0.1, 0.15) is 25.8 Å². The molecule has 7 nitrogen and oxygen atoms in total. The molecule has 2 fully saturated rings. The summed E-state index contributed by atoms with van der Waals surface area (Å²) in [5, 5.41) is 0. The molecule has 0 unspecified atom stereocenters. The van der Waals surface area contributed by atoms with Crippen LogP contribution in [0.3, 0.4) is 0 Å². The molecule has 0 N–H and O–H groups in total. The van der Waals surface area contributed by atoms with Gasteiger partial charge in [-0.25, -0.2) is 9.69 Å². The third-order valence-corrected chi connectivity index (χ3v) is 4.83. The SMILES string of the molecule is C[C@@H]1C[C@@H](C)CN(C(=O)CN2C(=O)C(=O)N(Cc3ccccc3)C2=O)C1. The Balaban J connectivity index is 1.68. The van der Waals surface area contributed by atoms with Crippen LogP contribution in [0.25, 0.3) is 0 Å². The summed E-state index contributed by atoms with van der Waals surface area (Å²) >= 11 is 0. The van der Waals surface area contributed by atoms with Gasteiger partial charge in [0.05, 0.1) is 6.54 Å². The van der Waals surface area contributed by atoms with E-state index in [0.717, 1.165) is 21.8 Å². The van der Waals surface area contributed by atoms with Crippen molar-refractivity contribution in [2.45, 2.75) is 26.8 Å². The van der Waals surface area contributed by atoms with Gasteiger partial charge >= 0.3 is 17.8 Å². The van der Waals surface area contributed by atoms with Crippen molar-refractivity contribution in [2.75, 3.05) is 19.6 Å². The number of hydrogen-bond acceptors (Lipinski definition) is 4. The number of carbonyl (C=O) groups excluding carboxylic acids is 4. The van der Waals surface area contributed by atoms with Gasteiger partial charge in [0.25, 0.3) is 0 Å². The zero-order valence-corrected chi connectivity index (χ0v) is 15.1. The Morgan fingerprint density at radius 1 is 0.962 bits per heavy atom. The third-order valence-electron chi connectivity index (χ3n) is 4.83. The number of carbonyl (C=O) groups is 4. The van der Waals surface area contributed by atoms with Gasteiger partial charge in [-0.3, -0.25) is 19.3 Å². The van der Waals surface area contributed by atoms with E-state index in [9.17, 15) is 19.2 Å². The smallest absolute Gasteiger partial charge is 0.335 e. The molecule has 0 aliphatic carbocycles. The van der Waals surface area contributed by atoms with Gasteiger partial charge < -0.3 is 4.90 Å². The van der Waals surface area contributed by atoms with Crippen LogP contribution in [0.4, 0.5) is 4.79 Å². The van der Waals surface area contributed by atoms with Gasteiger partial charge in [0.15, 0.2) is 0 Å². The second-order valence-corrected chi connectivity index (χ2v) is 7.30. The summed E-state index contributed by atoms with van der Waals surface area (Å²) in [6.45, 7) is 5.02. The molecule has 1 aromatic carbocycles. The molecule has 0 saturated carbocycles. The minimum Gasteiger partial charge on any atom is -0.341 e. The van der Waals surface area contributed by atoms with Crippen molar-refractivity contribution >= 4 is 23.8 Å². The quantitative estimate of drug-likeness (QED) is 0.604. The zero-order chi connectivity index (χ0) is 18.8. The van der Waals surface area contributed by atoms with Crippen LogP contribution in [0.15, 0.2) is 30.3 Å². The van der Waals surface area contributed by atoms with Gasteiger partial charge in [-0.05, 0) is 23.8 Å². The van der Waals surface area contributed by atoms with E-state index in [1.54, 1.807) is 29.2 Å². The second kappa shape index (κ2) is 7.27. The lowest BCUT2D eigenvalue weighted by Crippen LogP contribution is -2.48. The zero-order valence-electron chi connectivity index (χ0n) is 15.1. The van der Waals surface area contributed by atoms with E-state index in [4.69, 9.17) is 0 Å². The number of likely N-dealkylation sites (tertiary alicyclic amines) is 1. The topological polar surface area (TPSA) is 78.0 Å². The van der Waals surface area contributed by atoms with E-state index < -0.39 is 17.8 Å². The standard InChI is InChI=1S/C19H23N3O4/c1-13-8-14(2)10-20(9-13)16(23)12-22-18(25)17(24)21(19(22)26)11-15-6-4-3-5-7-15/h3-7,13-14H,8-12H2,1-2H3/t13-,14-/m1/s1. The van der Waals surface area contributed by atoms with Crippen molar-refractivity contribution in [3.63, 3.8) is 0 Å². The molecule has 138 valence electrons. The molecule has 3 rings (SSSR count). The van der Waals surface area contributed by atoms with Crippen LogP contribution in [0, 0.1) is 11.8 Å². The molecule has 0 spiro atoms. The lowest BCUT2D eigenvalue weighted by atomic mass is 9.92. The molecule has 1 aromatic rings. The van der Waals surface area contributed by atoms with Crippen LogP contribution in [-0.2, 0) is 20.9 Å². The van der Waals surface area contributed by atoms with E-state index in [1.165, 1.54) is 0 Å². The number of nitrogens with zero attached hydrogens (tertiary/aromatic N) is 3. The fourth-order valence-corrected chi connectivity index (χ4v) is 3.70. The summed E-state index contributed by atoms with van der Waals surface area (Å²) in [5.74, 6) is -1.35. The molecule has 2 aliphatic heterocycles. The van der Waals surface area contributed by atoms with Crippen molar-refractivity contribution in [1.82, 2.24) is 14.7 Å². The average molecular weight is 357 g/mol. The average Bonchev–Trinajstić information content (AvgIpc) is 2.80. The molecule has 2 heterocycles. The monoisotopic (exact) mass is 357 g/mol. The molecule has 0 radical (unpaired) electrons. The van der Waals surface area contributed by atoms with Crippen LogP contribution >= 0.6 is 0 Å². The van der Waals surface area contributed by atoms with Crippen molar-refractivity contribution in [3.05, 3.63) is 35.9 Å². The van der Waals surface area contributed by atoms with Gasteiger partial charge in [0.1, 0.15) is 6.54 Å². The summed E-state index contributed by atoms with van der Waals surface area (Å²) in [6.07, 6.45) is 1.05. The van der Waals surface area contributed by atoms with Gasteiger partial charge in [0.2, 0.25) is 5.91 Å². The molecule has 0 bridgehead atoms. The maximum absolute atomic E-state index is 12.6. The molecular weight excluding hydrogens is 334 g/mol. The molecule has 2 atom stereocenters. The van der Waals surface area contributed by atoms with Crippen LogP contribution in [-0.4, -0.2) is 58.1 Å². The van der Waals surface area contributed by atoms with E-state index in [2.05, 4.69) is 13.8 Å². The number of urea groups is 1. The number of rotatable bonds is 4. The Morgan fingerprint density at radius 2 is 1.54 bits per heavy atom. The summed E-state index contributed by atoms with van der Waals surface area (Å²) in [7, 11) is 0. The van der Waals surface area contributed by atoms with Crippen LogP contribution < -0.4 is 0 Å². The van der Waals surface area contributed by atoms with Gasteiger partial charge in [-0.1, -0.05) is 44.2 Å². The first kappa shape index (κ1) is 18.1. The minimum absolute atomic E-state index is 0.0206. The number of amides is 5. The highest BCUT2D eigenvalue weighted by Gasteiger charge is 2.45. The Kier molecular flexibility index (Phi) is 5.06. The molecular formula is C19H23N3O4. The van der Waals surface area contributed by atoms with Crippen molar-refractivity contribution < 1.29 is 19.2 Å². The van der Waals surface area contributed by atoms with Gasteiger partial charge in [0, 0.05) is 13.1 Å². The first-order valence-corrected chi connectivity index (χ1v) is 8.85. The maximum atomic E-state index is 12.6. The van der Waals surface area contributed by atoms with Crippen molar-refractivity contribution in [3.8, 4) is 0 Å². The van der Waals surface area contributed by atoms with Crippen molar-refractivity contribution in [2.24, 2.45) is 11.8 Å². The number of piperidine rings is 1. The highest BCUT2D eigenvalue weighted by atomic mass is 16.2. The second-order valence-electron chi connectivity index (χ2n) is 7.30.